The molecule has 0 bridgehead atoms. The summed E-state index contributed by atoms with van der Waals surface area (Å²) in [5.41, 5.74) is 9.14. The molecule has 1 aliphatic rings. The van der Waals surface area contributed by atoms with Crippen LogP contribution in [0.4, 0.5) is 5.69 Å². The number of H-pyrrole nitrogens is 2. The lowest BCUT2D eigenvalue weighted by Gasteiger charge is -2.31. The van der Waals surface area contributed by atoms with Crippen LogP contribution in [0.15, 0.2) is 55.5 Å². The first kappa shape index (κ1) is 22.9. The molecule has 0 aromatic carbocycles. The molecule has 0 saturated carbocycles. The molecule has 5 rings (SSSR count). The minimum absolute atomic E-state index is 0.332. The molecular weight excluding hydrogens is 434 g/mol. The fraction of sp³-hybridized carbons (Fsp3) is 0.321. The van der Waals surface area contributed by atoms with Gasteiger partial charge in [-0.1, -0.05) is 12.7 Å². The minimum Gasteiger partial charge on any atom is -0.382 e. The van der Waals surface area contributed by atoms with Gasteiger partial charge >= 0.3 is 0 Å². The molecule has 0 unspecified atom stereocenters. The van der Waals surface area contributed by atoms with Crippen molar-refractivity contribution in [1.29, 1.82) is 0 Å². The number of fused-ring (bicyclic) bond motifs is 1. The standard InChI is InChI=1S/C28H33N7/c1-5-9-27(35-10-7-6-8-11-35)22-13-25(32-19(22)4)28-23-14-24(30-17-26(23)33-34-28)20-12-21(16-29-15-20)31-18(2)3/h5,9,12-18,31-32H,1,6-8,10-11H2,2-4H3,(H,33,34)/b27-9+. The van der Waals surface area contributed by atoms with Gasteiger partial charge in [0.1, 0.15) is 5.69 Å². The Morgan fingerprint density at radius 3 is 2.71 bits per heavy atom. The van der Waals surface area contributed by atoms with Crippen molar-refractivity contribution < 1.29 is 0 Å². The monoisotopic (exact) mass is 467 g/mol. The second-order valence-corrected chi connectivity index (χ2v) is 9.51. The van der Waals surface area contributed by atoms with Crippen LogP contribution in [0.25, 0.3) is 39.2 Å². The Bertz CT molecular complexity index is 1370. The van der Waals surface area contributed by atoms with E-state index in [-0.39, 0.29) is 0 Å². The predicted molar refractivity (Wildman–Crippen MR) is 144 cm³/mol. The van der Waals surface area contributed by atoms with E-state index in [1.807, 2.05) is 24.7 Å². The predicted octanol–water partition coefficient (Wildman–Crippen LogP) is 6.16. The number of hydrogen-bond acceptors (Lipinski definition) is 5. The third kappa shape index (κ3) is 4.71. The normalized spacial score (nSPS) is 14.6. The lowest BCUT2D eigenvalue weighted by molar-refractivity contribution is 0.326. The van der Waals surface area contributed by atoms with Crippen molar-refractivity contribution in [2.24, 2.45) is 0 Å². The summed E-state index contributed by atoms with van der Waals surface area (Å²) in [6.07, 6.45) is 13.3. The third-order valence-corrected chi connectivity index (χ3v) is 6.45. The van der Waals surface area contributed by atoms with Gasteiger partial charge < -0.3 is 15.2 Å². The third-order valence-electron chi connectivity index (χ3n) is 6.45. The van der Waals surface area contributed by atoms with Crippen LogP contribution in [-0.2, 0) is 0 Å². The van der Waals surface area contributed by atoms with E-state index in [0.717, 1.165) is 58.0 Å². The van der Waals surface area contributed by atoms with Crippen LogP contribution in [0.3, 0.4) is 0 Å². The Morgan fingerprint density at radius 2 is 1.94 bits per heavy atom. The summed E-state index contributed by atoms with van der Waals surface area (Å²) in [5.74, 6) is 0. The summed E-state index contributed by atoms with van der Waals surface area (Å²) < 4.78 is 0. The maximum absolute atomic E-state index is 4.66. The largest absolute Gasteiger partial charge is 0.382 e. The Hall–Kier alpha value is -3.87. The van der Waals surface area contributed by atoms with Crippen molar-refractivity contribution in [3.63, 3.8) is 0 Å². The van der Waals surface area contributed by atoms with Crippen LogP contribution < -0.4 is 5.32 Å². The number of nitrogens with one attached hydrogen (secondary N) is 3. The van der Waals surface area contributed by atoms with Gasteiger partial charge in [-0.15, -0.1) is 0 Å². The van der Waals surface area contributed by atoms with Crippen molar-refractivity contribution >= 4 is 22.3 Å². The van der Waals surface area contributed by atoms with Gasteiger partial charge in [-0.25, -0.2) is 0 Å². The van der Waals surface area contributed by atoms with E-state index < -0.39 is 0 Å². The molecule has 0 atom stereocenters. The highest BCUT2D eigenvalue weighted by molar-refractivity contribution is 5.94. The van der Waals surface area contributed by atoms with E-state index in [4.69, 9.17) is 0 Å². The number of pyridine rings is 2. The first-order valence-corrected chi connectivity index (χ1v) is 12.4. The summed E-state index contributed by atoms with van der Waals surface area (Å²) in [5, 5.41) is 12.2. The molecule has 180 valence electrons. The Morgan fingerprint density at radius 1 is 1.11 bits per heavy atom. The van der Waals surface area contributed by atoms with E-state index in [9.17, 15) is 0 Å². The summed E-state index contributed by atoms with van der Waals surface area (Å²) in [4.78, 5) is 15.1. The van der Waals surface area contributed by atoms with E-state index in [2.05, 4.69) is 87.0 Å². The second-order valence-electron chi connectivity index (χ2n) is 9.51. The summed E-state index contributed by atoms with van der Waals surface area (Å²) >= 11 is 0. The van der Waals surface area contributed by atoms with Crippen LogP contribution >= 0.6 is 0 Å². The maximum Gasteiger partial charge on any atom is 0.116 e. The number of rotatable bonds is 7. The summed E-state index contributed by atoms with van der Waals surface area (Å²) in [7, 11) is 0. The number of aryl methyl sites for hydroxylation is 1. The molecule has 4 aromatic heterocycles. The Balaban J connectivity index is 1.53. The van der Waals surface area contributed by atoms with Crippen LogP contribution in [0, 0.1) is 6.92 Å². The quantitative estimate of drug-likeness (QED) is 0.284. The molecule has 7 nitrogen and oxygen atoms in total. The molecule has 35 heavy (non-hydrogen) atoms. The first-order valence-electron chi connectivity index (χ1n) is 12.4. The SMILES string of the molecule is C=C/C=C(\c1cc(-c2n[nH]c3cnc(-c4cncc(NC(C)C)c4)cc23)[nH]c1C)N1CCCCC1. The smallest absolute Gasteiger partial charge is 0.116 e. The number of nitrogens with zero attached hydrogens (tertiary/aromatic N) is 4. The van der Waals surface area contributed by atoms with E-state index >= 15 is 0 Å². The van der Waals surface area contributed by atoms with Crippen molar-refractivity contribution in [3.8, 4) is 22.6 Å². The topological polar surface area (TPSA) is 85.5 Å². The number of aromatic nitrogens is 5. The molecule has 1 saturated heterocycles. The van der Waals surface area contributed by atoms with Gasteiger partial charge in [0.05, 0.1) is 28.8 Å². The molecule has 0 amide bonds. The Kier molecular flexibility index (Phi) is 6.40. The van der Waals surface area contributed by atoms with Gasteiger partial charge in [-0.2, -0.15) is 5.10 Å². The number of allylic oxidation sites excluding steroid dienone is 2. The number of anilines is 1. The number of aromatic amines is 2. The first-order chi connectivity index (χ1) is 17.0. The number of likely N-dealkylation sites (tertiary alicyclic amines) is 1. The van der Waals surface area contributed by atoms with Crippen LogP contribution in [0.5, 0.6) is 0 Å². The van der Waals surface area contributed by atoms with Crippen molar-refractivity contribution in [3.05, 3.63) is 66.8 Å². The molecule has 0 radical (unpaired) electrons. The summed E-state index contributed by atoms with van der Waals surface area (Å²) in [6.45, 7) is 12.5. The van der Waals surface area contributed by atoms with Gasteiger partial charge in [0.25, 0.3) is 0 Å². The molecule has 7 heteroatoms. The zero-order valence-electron chi connectivity index (χ0n) is 20.7. The van der Waals surface area contributed by atoms with Crippen molar-refractivity contribution in [2.45, 2.75) is 46.1 Å². The van der Waals surface area contributed by atoms with E-state index in [1.165, 1.54) is 30.5 Å². The average molecular weight is 468 g/mol. The zero-order valence-corrected chi connectivity index (χ0v) is 20.7. The van der Waals surface area contributed by atoms with Crippen LogP contribution in [0.1, 0.15) is 44.4 Å². The molecular formula is C28H33N7. The lowest BCUT2D eigenvalue weighted by atomic mass is 10.1. The number of piperidine rings is 1. The summed E-state index contributed by atoms with van der Waals surface area (Å²) in [6, 6.07) is 6.72. The van der Waals surface area contributed by atoms with Crippen molar-refractivity contribution in [1.82, 2.24) is 30.0 Å². The highest BCUT2D eigenvalue weighted by Crippen LogP contribution is 2.33. The maximum atomic E-state index is 4.66. The fourth-order valence-electron chi connectivity index (χ4n) is 4.84. The fourth-order valence-corrected chi connectivity index (χ4v) is 4.84. The van der Waals surface area contributed by atoms with E-state index in [0.29, 0.717) is 6.04 Å². The zero-order chi connectivity index (χ0) is 24.4. The molecule has 3 N–H and O–H groups in total. The highest BCUT2D eigenvalue weighted by Gasteiger charge is 2.20. The number of hydrogen-bond donors (Lipinski definition) is 3. The molecule has 1 aliphatic heterocycles. The highest BCUT2D eigenvalue weighted by atomic mass is 15.1. The van der Waals surface area contributed by atoms with E-state index in [1.54, 1.807) is 0 Å². The van der Waals surface area contributed by atoms with Gasteiger partial charge in [0.2, 0.25) is 0 Å². The van der Waals surface area contributed by atoms with Gasteiger partial charge in [-0.05, 0) is 64.3 Å². The lowest BCUT2D eigenvalue weighted by Crippen LogP contribution is -2.28. The molecule has 4 aromatic rings. The second kappa shape index (κ2) is 9.78. The molecule has 0 aliphatic carbocycles. The minimum atomic E-state index is 0.332. The average Bonchev–Trinajstić information content (AvgIpc) is 3.45. The van der Waals surface area contributed by atoms with Crippen molar-refractivity contribution in [2.75, 3.05) is 18.4 Å². The van der Waals surface area contributed by atoms with Gasteiger partial charge in [0.15, 0.2) is 0 Å². The van der Waals surface area contributed by atoms with Crippen LogP contribution in [-0.4, -0.2) is 49.2 Å². The molecule has 1 fully saturated rings. The van der Waals surface area contributed by atoms with Gasteiger partial charge in [0, 0.05) is 59.4 Å². The Labute approximate surface area is 206 Å². The van der Waals surface area contributed by atoms with Gasteiger partial charge in [-0.3, -0.25) is 15.1 Å². The molecule has 0 spiro atoms. The van der Waals surface area contributed by atoms with Crippen LogP contribution in [0.2, 0.25) is 0 Å². The molecule has 5 heterocycles.